The van der Waals surface area contributed by atoms with Gasteiger partial charge in [0.2, 0.25) is 10.7 Å². The molecule has 0 N–H and O–H groups in total. The smallest absolute Gasteiger partial charge is 0.236 e. The lowest BCUT2D eigenvalue weighted by molar-refractivity contribution is -0.133. The predicted molar refractivity (Wildman–Crippen MR) is 136 cm³/mol. The molecule has 7 nitrogen and oxygen atoms in total. The number of halogens is 1. The first-order valence-corrected chi connectivity index (χ1v) is 12.7. The quantitative estimate of drug-likeness (QED) is 0.488. The summed E-state index contributed by atoms with van der Waals surface area (Å²) in [6.45, 7) is 6.26. The van der Waals surface area contributed by atoms with Crippen molar-refractivity contribution in [2.75, 3.05) is 45.8 Å². The van der Waals surface area contributed by atoms with Crippen LogP contribution in [0.3, 0.4) is 0 Å². The monoisotopic (exact) mass is 494 g/mol. The van der Waals surface area contributed by atoms with Gasteiger partial charge in [0.25, 0.3) is 0 Å². The zero-order chi connectivity index (χ0) is 24.2. The lowest BCUT2D eigenvalue weighted by atomic mass is 10.1. The van der Waals surface area contributed by atoms with E-state index in [2.05, 4.69) is 9.80 Å². The van der Waals surface area contributed by atoms with Gasteiger partial charge in [0.15, 0.2) is 5.82 Å². The minimum atomic E-state index is -0.287. The maximum absolute atomic E-state index is 13.6. The van der Waals surface area contributed by atoms with Crippen LogP contribution < -0.4 is 0 Å². The molecule has 0 aliphatic carbocycles. The Morgan fingerprint density at radius 2 is 1.51 bits per heavy atom. The first kappa shape index (κ1) is 23.8. The van der Waals surface area contributed by atoms with Gasteiger partial charge in [-0.05, 0) is 55.7 Å². The van der Waals surface area contributed by atoms with Crippen molar-refractivity contribution in [1.29, 1.82) is 0 Å². The summed E-state index contributed by atoms with van der Waals surface area (Å²) in [4.78, 5) is 19.2. The van der Waals surface area contributed by atoms with Crippen LogP contribution in [0.4, 0.5) is 4.39 Å². The molecule has 35 heavy (non-hydrogen) atoms. The van der Waals surface area contributed by atoms with Crippen LogP contribution in [0.1, 0.15) is 19.3 Å². The maximum atomic E-state index is 13.6. The second-order valence-electron chi connectivity index (χ2n) is 9.26. The molecular weight excluding hydrogens is 463 g/mol. The fourth-order valence-corrected chi connectivity index (χ4v) is 5.10. The number of hydrogen-bond donors (Lipinski definition) is 0. The van der Waals surface area contributed by atoms with E-state index >= 15 is 0 Å². The highest BCUT2D eigenvalue weighted by Gasteiger charge is 2.24. The minimum absolute atomic E-state index is 0.255. The van der Waals surface area contributed by atoms with Crippen LogP contribution in [0.25, 0.3) is 17.1 Å². The number of hydrogen-bond acceptors (Lipinski definition) is 5. The van der Waals surface area contributed by atoms with Gasteiger partial charge in [0.1, 0.15) is 5.82 Å². The average Bonchev–Trinajstić information content (AvgIpc) is 3.22. The van der Waals surface area contributed by atoms with Crippen molar-refractivity contribution in [2.24, 2.45) is 0 Å². The number of carbonyl (C=O) groups is 1. The molecule has 0 saturated carbocycles. The van der Waals surface area contributed by atoms with Crippen molar-refractivity contribution in [3.63, 3.8) is 0 Å². The van der Waals surface area contributed by atoms with E-state index in [1.54, 1.807) is 12.1 Å². The fourth-order valence-electron chi connectivity index (χ4n) is 4.81. The molecule has 0 unspecified atom stereocenters. The summed E-state index contributed by atoms with van der Waals surface area (Å²) in [6.07, 6.45) is 3.47. The Labute approximate surface area is 210 Å². The summed E-state index contributed by atoms with van der Waals surface area (Å²) >= 11 is 5.83. The molecule has 0 atom stereocenters. The molecule has 2 saturated heterocycles. The largest absolute Gasteiger partial charge is 0.342 e. The Kier molecular flexibility index (Phi) is 7.36. The van der Waals surface area contributed by atoms with Crippen molar-refractivity contribution >= 4 is 18.1 Å². The molecule has 0 spiro atoms. The number of amides is 1. The zero-order valence-corrected chi connectivity index (χ0v) is 20.7. The van der Waals surface area contributed by atoms with Crippen molar-refractivity contribution in [2.45, 2.75) is 25.9 Å². The highest BCUT2D eigenvalue weighted by molar-refractivity contribution is 7.71. The molecule has 3 aromatic rings. The Balaban J connectivity index is 1.29. The van der Waals surface area contributed by atoms with Crippen molar-refractivity contribution in [3.05, 3.63) is 65.2 Å². The number of piperazine rings is 1. The Morgan fingerprint density at radius 3 is 2.20 bits per heavy atom. The summed E-state index contributed by atoms with van der Waals surface area (Å²) < 4.78 is 17.9. The Bertz CT molecular complexity index is 1190. The standard InChI is InChI=1S/C26H31FN6OS/c27-22-9-11-23(12-10-22)33-25(21-7-3-1-4-8-21)28-32(26(33)35)20-30-17-15-29(16-18-30)19-24(34)31-13-5-2-6-14-31/h1,3-4,7-12H,2,5-6,13-20H2. The van der Waals surface area contributed by atoms with Gasteiger partial charge in [-0.3, -0.25) is 19.2 Å². The lowest BCUT2D eigenvalue weighted by Gasteiger charge is -2.35. The molecule has 2 aliphatic rings. The van der Waals surface area contributed by atoms with Crippen LogP contribution in [0.5, 0.6) is 0 Å². The topological polar surface area (TPSA) is 49.5 Å². The van der Waals surface area contributed by atoms with E-state index in [0.29, 0.717) is 18.0 Å². The van der Waals surface area contributed by atoms with Crippen molar-refractivity contribution in [3.8, 4) is 17.1 Å². The van der Waals surface area contributed by atoms with Gasteiger partial charge < -0.3 is 4.90 Å². The number of aromatic nitrogens is 3. The van der Waals surface area contributed by atoms with Crippen LogP contribution >= 0.6 is 12.2 Å². The highest BCUT2D eigenvalue weighted by Crippen LogP contribution is 2.23. The third kappa shape index (κ3) is 5.52. The van der Waals surface area contributed by atoms with Gasteiger partial charge in [0, 0.05) is 44.8 Å². The van der Waals surface area contributed by atoms with E-state index in [1.165, 1.54) is 18.6 Å². The molecule has 0 bridgehead atoms. The number of benzene rings is 2. The van der Waals surface area contributed by atoms with Crippen LogP contribution in [0.2, 0.25) is 0 Å². The van der Waals surface area contributed by atoms with E-state index in [4.69, 9.17) is 17.3 Å². The lowest BCUT2D eigenvalue weighted by Crippen LogP contribution is -2.50. The second-order valence-corrected chi connectivity index (χ2v) is 9.63. The molecule has 2 aliphatic heterocycles. The molecule has 1 amide bonds. The normalized spacial score (nSPS) is 17.6. The molecule has 2 fully saturated rings. The molecule has 9 heteroatoms. The van der Waals surface area contributed by atoms with Crippen LogP contribution in [-0.4, -0.2) is 80.8 Å². The van der Waals surface area contributed by atoms with Gasteiger partial charge in [0.05, 0.1) is 18.9 Å². The van der Waals surface area contributed by atoms with Crippen molar-refractivity contribution in [1.82, 2.24) is 29.0 Å². The van der Waals surface area contributed by atoms with Gasteiger partial charge in [-0.1, -0.05) is 30.3 Å². The minimum Gasteiger partial charge on any atom is -0.342 e. The molecule has 1 aromatic heterocycles. The summed E-state index contributed by atoms with van der Waals surface area (Å²) in [7, 11) is 0. The fraction of sp³-hybridized carbons (Fsp3) is 0.423. The summed E-state index contributed by atoms with van der Waals surface area (Å²) in [5, 5.41) is 4.87. The predicted octanol–water partition coefficient (Wildman–Crippen LogP) is 3.80. The third-order valence-electron chi connectivity index (χ3n) is 6.82. The summed E-state index contributed by atoms with van der Waals surface area (Å²) in [5.41, 5.74) is 1.73. The molecule has 2 aromatic carbocycles. The van der Waals surface area contributed by atoms with E-state index in [1.807, 2.05) is 44.5 Å². The van der Waals surface area contributed by atoms with Crippen LogP contribution in [0.15, 0.2) is 54.6 Å². The molecule has 0 radical (unpaired) electrons. The van der Waals surface area contributed by atoms with E-state index in [-0.39, 0.29) is 11.7 Å². The second kappa shape index (κ2) is 10.8. The Hall–Kier alpha value is -2.88. The molecular formula is C26H31FN6OS. The third-order valence-corrected chi connectivity index (χ3v) is 7.22. The number of carbonyl (C=O) groups excluding carboxylic acids is 1. The number of rotatable bonds is 6. The first-order chi connectivity index (χ1) is 17.1. The summed E-state index contributed by atoms with van der Waals surface area (Å²) in [5.74, 6) is 0.699. The van der Waals surface area contributed by atoms with E-state index < -0.39 is 0 Å². The van der Waals surface area contributed by atoms with E-state index in [9.17, 15) is 9.18 Å². The van der Waals surface area contributed by atoms with Gasteiger partial charge in [-0.15, -0.1) is 5.10 Å². The highest BCUT2D eigenvalue weighted by atomic mass is 32.1. The SMILES string of the molecule is O=C(CN1CCN(Cn2nc(-c3ccccc3)n(-c3ccc(F)cc3)c2=S)CC1)N1CCCCC1. The first-order valence-electron chi connectivity index (χ1n) is 12.3. The number of nitrogens with zero attached hydrogens (tertiary/aromatic N) is 6. The zero-order valence-electron chi connectivity index (χ0n) is 19.9. The van der Waals surface area contributed by atoms with Crippen LogP contribution in [0, 0.1) is 10.6 Å². The average molecular weight is 495 g/mol. The number of piperidine rings is 1. The molecule has 184 valence electrons. The van der Waals surface area contributed by atoms with Gasteiger partial charge in [-0.2, -0.15) is 0 Å². The molecule has 5 rings (SSSR count). The Morgan fingerprint density at radius 1 is 0.857 bits per heavy atom. The van der Waals surface area contributed by atoms with Crippen LogP contribution in [-0.2, 0) is 11.5 Å². The number of likely N-dealkylation sites (tertiary alicyclic amines) is 1. The van der Waals surface area contributed by atoms with Gasteiger partial charge >= 0.3 is 0 Å². The van der Waals surface area contributed by atoms with Crippen molar-refractivity contribution < 1.29 is 9.18 Å². The maximum Gasteiger partial charge on any atom is 0.236 e. The van der Waals surface area contributed by atoms with E-state index in [0.717, 1.165) is 69.2 Å². The van der Waals surface area contributed by atoms with Gasteiger partial charge in [-0.25, -0.2) is 9.07 Å². The summed E-state index contributed by atoms with van der Waals surface area (Å²) in [6, 6.07) is 16.2. The molecule has 3 heterocycles.